The van der Waals surface area contributed by atoms with Crippen molar-refractivity contribution in [1.82, 2.24) is 14.7 Å². The number of aromatic nitrogens is 2. The molecule has 0 fully saturated rings. The van der Waals surface area contributed by atoms with Gasteiger partial charge in [0.25, 0.3) is 0 Å². The Balaban J connectivity index is 1.29. The highest BCUT2D eigenvalue weighted by Gasteiger charge is 2.22. The van der Waals surface area contributed by atoms with Gasteiger partial charge in [0.2, 0.25) is 5.91 Å². The number of para-hydroxylation sites is 2. The third-order valence-electron chi connectivity index (χ3n) is 4.70. The predicted molar refractivity (Wildman–Crippen MR) is 115 cm³/mol. The Bertz CT molecular complexity index is 1020. The van der Waals surface area contributed by atoms with Gasteiger partial charge in [0, 0.05) is 17.6 Å². The van der Waals surface area contributed by atoms with Crippen LogP contribution in [0.5, 0.6) is 11.5 Å². The van der Waals surface area contributed by atoms with Crippen molar-refractivity contribution in [2.24, 2.45) is 0 Å². The number of carbonyl (C=O) groups is 1. The lowest BCUT2D eigenvalue weighted by Crippen LogP contribution is -2.42. The highest BCUT2D eigenvalue weighted by Crippen LogP contribution is 2.30. The van der Waals surface area contributed by atoms with Crippen LogP contribution in [0.2, 0.25) is 5.02 Å². The van der Waals surface area contributed by atoms with Gasteiger partial charge in [0.05, 0.1) is 19.3 Å². The van der Waals surface area contributed by atoms with Gasteiger partial charge in [0.1, 0.15) is 18.5 Å². The number of nitrogens with zero attached hydrogens (tertiary/aromatic N) is 3. The van der Waals surface area contributed by atoms with Crippen molar-refractivity contribution in [2.45, 2.75) is 12.6 Å². The Morgan fingerprint density at radius 3 is 2.90 bits per heavy atom. The van der Waals surface area contributed by atoms with E-state index in [1.807, 2.05) is 60.5 Å². The van der Waals surface area contributed by atoms with E-state index in [0.29, 0.717) is 30.5 Å². The number of hydrogen-bond acceptors (Lipinski definition) is 5. The van der Waals surface area contributed by atoms with Crippen LogP contribution in [0.1, 0.15) is 5.56 Å². The molecule has 0 saturated heterocycles. The van der Waals surface area contributed by atoms with Gasteiger partial charge in [-0.1, -0.05) is 35.9 Å². The van der Waals surface area contributed by atoms with E-state index in [0.717, 1.165) is 17.1 Å². The zero-order valence-corrected chi connectivity index (χ0v) is 17.4. The first kappa shape index (κ1) is 20.3. The van der Waals surface area contributed by atoms with Crippen LogP contribution >= 0.6 is 11.6 Å². The average Bonchev–Trinajstić information content (AvgIpc) is 3.14. The van der Waals surface area contributed by atoms with E-state index in [1.165, 1.54) is 0 Å². The summed E-state index contributed by atoms with van der Waals surface area (Å²) >= 11 is 6.05. The minimum atomic E-state index is -0.133. The second kappa shape index (κ2) is 9.19. The molecule has 0 aliphatic carbocycles. The van der Waals surface area contributed by atoms with Crippen molar-refractivity contribution in [3.63, 3.8) is 0 Å². The lowest BCUT2D eigenvalue weighted by Gasteiger charge is -2.29. The molecular weight excluding hydrogens is 404 g/mol. The van der Waals surface area contributed by atoms with Crippen LogP contribution in [-0.2, 0) is 11.3 Å². The van der Waals surface area contributed by atoms with Gasteiger partial charge in [-0.25, -0.2) is 4.68 Å². The lowest BCUT2D eigenvalue weighted by atomic mass is 10.2. The summed E-state index contributed by atoms with van der Waals surface area (Å²) in [7, 11) is 1.88. The molecule has 4 rings (SSSR count). The summed E-state index contributed by atoms with van der Waals surface area (Å²) in [4.78, 5) is 14.4. The van der Waals surface area contributed by atoms with Crippen molar-refractivity contribution in [3.05, 3.63) is 71.4 Å². The highest BCUT2D eigenvalue weighted by atomic mass is 35.5. The van der Waals surface area contributed by atoms with Crippen molar-refractivity contribution < 1.29 is 14.3 Å². The molecule has 2 heterocycles. The lowest BCUT2D eigenvalue weighted by molar-refractivity contribution is -0.117. The van der Waals surface area contributed by atoms with E-state index in [1.54, 1.807) is 16.9 Å². The molecule has 1 aliphatic heterocycles. The van der Waals surface area contributed by atoms with Crippen LogP contribution in [0.3, 0.4) is 0 Å². The zero-order chi connectivity index (χ0) is 20.9. The number of halogens is 1. The first-order chi connectivity index (χ1) is 14.6. The maximum absolute atomic E-state index is 12.5. The number of carbonyl (C=O) groups excluding carboxylic acids is 1. The molecule has 2 aromatic carbocycles. The van der Waals surface area contributed by atoms with Crippen LogP contribution in [0.4, 0.5) is 5.82 Å². The molecular formula is C22H23ClN4O3. The molecule has 156 valence electrons. The normalized spacial score (nSPS) is 15.2. The predicted octanol–water partition coefficient (Wildman–Crippen LogP) is 3.30. The summed E-state index contributed by atoms with van der Waals surface area (Å²) in [6.45, 7) is 1.77. The fourth-order valence-electron chi connectivity index (χ4n) is 3.37. The molecule has 0 spiro atoms. The summed E-state index contributed by atoms with van der Waals surface area (Å²) in [5.74, 6) is 2.00. The van der Waals surface area contributed by atoms with Gasteiger partial charge in [-0.3, -0.25) is 9.69 Å². The number of likely N-dealkylation sites (N-methyl/N-ethyl adjacent to an activating group) is 1. The SMILES string of the molecule is CN(CC(=O)Nc1ccnn1Cc1cccc(Cl)c1)C[C@H]1COc2ccccc2O1. The number of hydrogen-bond donors (Lipinski definition) is 1. The Kier molecular flexibility index (Phi) is 6.21. The zero-order valence-electron chi connectivity index (χ0n) is 16.6. The van der Waals surface area contributed by atoms with E-state index in [4.69, 9.17) is 21.1 Å². The molecule has 1 amide bonds. The van der Waals surface area contributed by atoms with Gasteiger partial charge in [-0.15, -0.1) is 0 Å². The van der Waals surface area contributed by atoms with Crippen molar-refractivity contribution in [1.29, 1.82) is 0 Å². The molecule has 7 nitrogen and oxygen atoms in total. The van der Waals surface area contributed by atoms with Crippen LogP contribution in [-0.4, -0.2) is 53.4 Å². The number of fused-ring (bicyclic) bond motifs is 1. The first-order valence-corrected chi connectivity index (χ1v) is 10.1. The number of amides is 1. The fourth-order valence-corrected chi connectivity index (χ4v) is 3.58. The van der Waals surface area contributed by atoms with E-state index in [2.05, 4.69) is 10.4 Å². The van der Waals surface area contributed by atoms with E-state index in [9.17, 15) is 4.79 Å². The second-order valence-corrected chi connectivity index (χ2v) is 7.68. The molecule has 8 heteroatoms. The van der Waals surface area contributed by atoms with Gasteiger partial charge < -0.3 is 14.8 Å². The van der Waals surface area contributed by atoms with Gasteiger partial charge in [0.15, 0.2) is 11.5 Å². The monoisotopic (exact) mass is 426 g/mol. The summed E-state index contributed by atoms with van der Waals surface area (Å²) in [5, 5.41) is 7.89. The molecule has 1 aromatic heterocycles. The summed E-state index contributed by atoms with van der Waals surface area (Å²) in [6, 6.07) is 16.9. The molecule has 1 N–H and O–H groups in total. The molecule has 3 aromatic rings. The van der Waals surface area contributed by atoms with E-state index in [-0.39, 0.29) is 18.6 Å². The molecule has 1 atom stereocenters. The van der Waals surface area contributed by atoms with Crippen molar-refractivity contribution >= 4 is 23.3 Å². The maximum Gasteiger partial charge on any atom is 0.239 e. The molecule has 0 unspecified atom stereocenters. The summed E-state index contributed by atoms with van der Waals surface area (Å²) < 4.78 is 13.4. The molecule has 0 saturated carbocycles. The smallest absolute Gasteiger partial charge is 0.239 e. The standard InChI is InChI=1S/C22H23ClN4O3/c1-26(13-18-15-29-19-7-2-3-8-20(19)30-18)14-22(28)25-21-9-10-24-27(21)12-16-5-4-6-17(23)11-16/h2-11,18H,12-15H2,1H3,(H,25,28)/t18-/m0/s1. The number of rotatable bonds is 7. The highest BCUT2D eigenvalue weighted by molar-refractivity contribution is 6.30. The number of ether oxygens (including phenoxy) is 2. The minimum absolute atomic E-state index is 0.123. The van der Waals surface area contributed by atoms with E-state index < -0.39 is 0 Å². The number of benzene rings is 2. The molecule has 1 aliphatic rings. The Morgan fingerprint density at radius 1 is 1.23 bits per heavy atom. The summed E-state index contributed by atoms with van der Waals surface area (Å²) in [5.41, 5.74) is 1.01. The quantitative estimate of drug-likeness (QED) is 0.627. The largest absolute Gasteiger partial charge is 0.486 e. The Hall–Kier alpha value is -3.03. The molecule has 0 radical (unpaired) electrons. The van der Waals surface area contributed by atoms with Crippen molar-refractivity contribution in [3.8, 4) is 11.5 Å². The summed E-state index contributed by atoms with van der Waals surface area (Å²) in [6.07, 6.45) is 1.53. The third-order valence-corrected chi connectivity index (χ3v) is 4.94. The Labute approximate surface area is 180 Å². The Morgan fingerprint density at radius 2 is 2.07 bits per heavy atom. The fraction of sp³-hybridized carbons (Fsp3) is 0.273. The van der Waals surface area contributed by atoms with Crippen molar-refractivity contribution in [2.75, 3.05) is 32.1 Å². The molecule has 0 bridgehead atoms. The number of anilines is 1. The van der Waals surface area contributed by atoms with Gasteiger partial charge in [-0.2, -0.15) is 5.10 Å². The maximum atomic E-state index is 12.5. The van der Waals surface area contributed by atoms with Crippen LogP contribution in [0, 0.1) is 0 Å². The minimum Gasteiger partial charge on any atom is -0.486 e. The van der Waals surface area contributed by atoms with Crippen LogP contribution < -0.4 is 14.8 Å². The number of nitrogens with one attached hydrogen (secondary N) is 1. The van der Waals surface area contributed by atoms with Crippen LogP contribution in [0.15, 0.2) is 60.8 Å². The van der Waals surface area contributed by atoms with Gasteiger partial charge >= 0.3 is 0 Å². The third kappa shape index (κ3) is 5.11. The van der Waals surface area contributed by atoms with E-state index >= 15 is 0 Å². The topological polar surface area (TPSA) is 68.6 Å². The van der Waals surface area contributed by atoms with Gasteiger partial charge in [-0.05, 0) is 36.9 Å². The van der Waals surface area contributed by atoms with Crippen LogP contribution in [0.25, 0.3) is 0 Å². The second-order valence-electron chi connectivity index (χ2n) is 7.25. The average molecular weight is 427 g/mol. The first-order valence-electron chi connectivity index (χ1n) is 9.70. The molecule has 30 heavy (non-hydrogen) atoms.